The summed E-state index contributed by atoms with van der Waals surface area (Å²) in [6, 6.07) is 7.13. The van der Waals surface area contributed by atoms with Crippen molar-refractivity contribution in [1.29, 1.82) is 0 Å². The van der Waals surface area contributed by atoms with E-state index in [1.807, 2.05) is 13.0 Å². The van der Waals surface area contributed by atoms with Gasteiger partial charge in [0.15, 0.2) is 0 Å². The first-order valence-electron chi connectivity index (χ1n) is 7.54. The molecule has 1 aliphatic heterocycles. The highest BCUT2D eigenvalue weighted by Gasteiger charge is 2.18. The predicted octanol–water partition coefficient (Wildman–Crippen LogP) is 2.22. The summed E-state index contributed by atoms with van der Waals surface area (Å²) in [6.45, 7) is 4.37. The van der Waals surface area contributed by atoms with Crippen molar-refractivity contribution in [3.63, 3.8) is 0 Å². The molecule has 5 nitrogen and oxygen atoms in total. The monoisotopic (exact) mass is 312 g/mol. The Hall–Kier alpha value is -1.27. The first-order chi connectivity index (χ1) is 10.1. The third-order valence-corrected chi connectivity index (χ3v) is 5.01. The van der Waals surface area contributed by atoms with Gasteiger partial charge in [0.25, 0.3) is 0 Å². The Morgan fingerprint density at radius 2 is 2.00 bits per heavy atom. The van der Waals surface area contributed by atoms with Crippen molar-refractivity contribution in [2.24, 2.45) is 5.92 Å². The number of benzene rings is 1. The molecule has 1 aromatic rings. The molecule has 118 valence electrons. The lowest BCUT2D eigenvalue weighted by Crippen LogP contribution is -2.29. The quantitative estimate of drug-likeness (QED) is 0.810. The Morgan fingerprint density at radius 1 is 1.29 bits per heavy atom. The topological polar surface area (TPSA) is 67.4 Å². The third-order valence-electron chi connectivity index (χ3n) is 3.71. The average molecular weight is 312 g/mol. The van der Waals surface area contributed by atoms with Gasteiger partial charge in [0.1, 0.15) is 5.75 Å². The molecule has 2 rings (SSSR count). The first-order valence-corrected chi connectivity index (χ1v) is 9.19. The Labute approximate surface area is 127 Å². The summed E-state index contributed by atoms with van der Waals surface area (Å²) < 4.78 is 32.5. The summed E-state index contributed by atoms with van der Waals surface area (Å²) in [4.78, 5) is 0. The van der Waals surface area contributed by atoms with E-state index >= 15 is 0 Å². The Bertz CT molecular complexity index is 540. The molecule has 0 radical (unpaired) electrons. The minimum absolute atomic E-state index is 0.165. The normalized spacial score (nSPS) is 16.6. The van der Waals surface area contributed by atoms with Crippen LogP contribution in [-0.2, 0) is 10.0 Å². The Kier molecular flexibility index (Phi) is 5.87. The molecule has 1 heterocycles. The van der Waals surface area contributed by atoms with Gasteiger partial charge in [0, 0.05) is 0 Å². The minimum Gasteiger partial charge on any atom is -0.492 e. The van der Waals surface area contributed by atoms with Crippen LogP contribution in [-0.4, -0.2) is 33.9 Å². The summed E-state index contributed by atoms with van der Waals surface area (Å²) in [5.74, 6) is 1.24. The van der Waals surface area contributed by atoms with Gasteiger partial charge in [0.2, 0.25) is 10.0 Å². The molecule has 1 saturated heterocycles. The number of hydrogen-bond acceptors (Lipinski definition) is 4. The van der Waals surface area contributed by atoms with E-state index in [4.69, 9.17) is 4.74 Å². The standard InChI is InChI=1S/C15H24N2O3S/c1-2-20-15-6-4-3-5-14(15)17-21(18,19)12-9-13-7-10-16-11-8-13/h3-6,13,16-17H,2,7-12H2,1H3. The lowest BCUT2D eigenvalue weighted by Gasteiger charge is -2.22. The van der Waals surface area contributed by atoms with E-state index in [2.05, 4.69) is 10.0 Å². The summed E-state index contributed by atoms with van der Waals surface area (Å²) in [5, 5.41) is 3.29. The van der Waals surface area contributed by atoms with E-state index in [-0.39, 0.29) is 5.75 Å². The first kappa shape index (κ1) is 16.1. The molecular weight excluding hydrogens is 288 g/mol. The smallest absolute Gasteiger partial charge is 0.232 e. The fourth-order valence-electron chi connectivity index (χ4n) is 2.54. The molecule has 0 spiro atoms. The zero-order valence-corrected chi connectivity index (χ0v) is 13.3. The maximum atomic E-state index is 12.2. The molecule has 0 aromatic heterocycles. The Balaban J connectivity index is 1.93. The number of piperidine rings is 1. The van der Waals surface area contributed by atoms with Crippen LogP contribution in [0.3, 0.4) is 0 Å². The van der Waals surface area contributed by atoms with Crippen molar-refractivity contribution in [2.45, 2.75) is 26.2 Å². The maximum Gasteiger partial charge on any atom is 0.232 e. The van der Waals surface area contributed by atoms with Crippen LogP contribution in [0.5, 0.6) is 5.75 Å². The third kappa shape index (κ3) is 5.21. The molecule has 0 bridgehead atoms. The molecule has 1 aliphatic rings. The van der Waals surface area contributed by atoms with E-state index in [1.165, 1.54) is 0 Å². The lowest BCUT2D eigenvalue weighted by atomic mass is 9.96. The van der Waals surface area contributed by atoms with Gasteiger partial charge in [0.05, 0.1) is 18.0 Å². The summed E-state index contributed by atoms with van der Waals surface area (Å²) in [5.41, 5.74) is 0.518. The minimum atomic E-state index is -3.33. The fraction of sp³-hybridized carbons (Fsp3) is 0.600. The number of nitrogens with one attached hydrogen (secondary N) is 2. The van der Waals surface area contributed by atoms with Crippen molar-refractivity contribution in [3.8, 4) is 5.75 Å². The molecule has 1 fully saturated rings. The van der Waals surface area contributed by atoms with E-state index in [0.29, 0.717) is 30.4 Å². The molecule has 1 aromatic carbocycles. The lowest BCUT2D eigenvalue weighted by molar-refractivity contribution is 0.342. The zero-order valence-electron chi connectivity index (χ0n) is 12.5. The molecule has 0 atom stereocenters. The van der Waals surface area contributed by atoms with Gasteiger partial charge < -0.3 is 10.1 Å². The van der Waals surface area contributed by atoms with Crippen LogP contribution in [0.2, 0.25) is 0 Å². The van der Waals surface area contributed by atoms with Crippen LogP contribution in [0.25, 0.3) is 0 Å². The van der Waals surface area contributed by atoms with Crippen molar-refractivity contribution in [2.75, 3.05) is 30.2 Å². The number of rotatable bonds is 7. The van der Waals surface area contributed by atoms with Gasteiger partial charge in [-0.05, 0) is 57.3 Å². The van der Waals surface area contributed by atoms with Crippen molar-refractivity contribution < 1.29 is 13.2 Å². The summed E-state index contributed by atoms with van der Waals surface area (Å²) >= 11 is 0. The molecule has 21 heavy (non-hydrogen) atoms. The van der Waals surface area contributed by atoms with Gasteiger partial charge in [-0.15, -0.1) is 0 Å². The van der Waals surface area contributed by atoms with Crippen molar-refractivity contribution in [1.82, 2.24) is 5.32 Å². The number of sulfonamides is 1. The largest absolute Gasteiger partial charge is 0.492 e. The van der Waals surface area contributed by atoms with Crippen LogP contribution < -0.4 is 14.8 Å². The Morgan fingerprint density at radius 3 is 2.71 bits per heavy atom. The van der Waals surface area contributed by atoms with Gasteiger partial charge in [-0.25, -0.2) is 8.42 Å². The second kappa shape index (κ2) is 7.66. The van der Waals surface area contributed by atoms with Gasteiger partial charge >= 0.3 is 0 Å². The van der Waals surface area contributed by atoms with Crippen LogP contribution in [0.4, 0.5) is 5.69 Å². The van der Waals surface area contributed by atoms with Gasteiger partial charge in [-0.1, -0.05) is 12.1 Å². The van der Waals surface area contributed by atoms with Crippen LogP contribution in [0.15, 0.2) is 24.3 Å². The SMILES string of the molecule is CCOc1ccccc1NS(=O)(=O)CCC1CCNCC1. The average Bonchev–Trinajstić information content (AvgIpc) is 2.48. The molecule has 6 heteroatoms. The predicted molar refractivity (Wildman–Crippen MR) is 85.2 cm³/mol. The van der Waals surface area contributed by atoms with Gasteiger partial charge in [-0.2, -0.15) is 0 Å². The number of anilines is 1. The van der Waals surface area contributed by atoms with Crippen LogP contribution in [0, 0.1) is 5.92 Å². The molecule has 0 aliphatic carbocycles. The van der Waals surface area contributed by atoms with E-state index < -0.39 is 10.0 Å². The van der Waals surface area contributed by atoms with Crippen molar-refractivity contribution in [3.05, 3.63) is 24.3 Å². The van der Waals surface area contributed by atoms with Crippen molar-refractivity contribution >= 4 is 15.7 Å². The second-order valence-corrected chi connectivity index (χ2v) is 7.17. The molecular formula is C15H24N2O3S. The van der Waals surface area contributed by atoms with E-state index in [1.54, 1.807) is 18.2 Å². The number of ether oxygens (including phenoxy) is 1. The highest BCUT2D eigenvalue weighted by atomic mass is 32.2. The molecule has 0 amide bonds. The molecule has 2 N–H and O–H groups in total. The second-order valence-electron chi connectivity index (χ2n) is 5.33. The number of para-hydroxylation sites is 2. The molecule has 0 saturated carbocycles. The maximum absolute atomic E-state index is 12.2. The highest BCUT2D eigenvalue weighted by Crippen LogP contribution is 2.25. The van der Waals surface area contributed by atoms with E-state index in [9.17, 15) is 8.42 Å². The van der Waals surface area contributed by atoms with Crippen LogP contribution in [0.1, 0.15) is 26.2 Å². The fourth-order valence-corrected chi connectivity index (χ4v) is 3.79. The molecule has 0 unspecified atom stereocenters. The van der Waals surface area contributed by atoms with Crippen LogP contribution >= 0.6 is 0 Å². The number of hydrogen-bond donors (Lipinski definition) is 2. The summed E-state index contributed by atoms with van der Waals surface area (Å²) in [6.07, 6.45) is 2.84. The zero-order chi connectivity index (χ0) is 15.1. The van der Waals surface area contributed by atoms with E-state index in [0.717, 1.165) is 25.9 Å². The summed E-state index contributed by atoms with van der Waals surface area (Å²) in [7, 11) is -3.33. The highest BCUT2D eigenvalue weighted by molar-refractivity contribution is 7.92. The van der Waals surface area contributed by atoms with Gasteiger partial charge in [-0.3, -0.25) is 4.72 Å².